The topological polar surface area (TPSA) is 78.3 Å². The number of rotatable bonds is 5. The molecule has 7 heteroatoms. The van der Waals surface area contributed by atoms with Crippen molar-refractivity contribution in [1.82, 2.24) is 20.3 Å². The van der Waals surface area contributed by atoms with Gasteiger partial charge in [-0.15, -0.1) is 5.10 Å². The molecule has 0 radical (unpaired) electrons. The van der Waals surface area contributed by atoms with Gasteiger partial charge in [-0.05, 0) is 23.3 Å². The van der Waals surface area contributed by atoms with E-state index >= 15 is 0 Å². The molecule has 1 amide bonds. The molecule has 0 unspecified atom stereocenters. The number of ether oxygens (including phenoxy) is 2. The number of amides is 1. The van der Waals surface area contributed by atoms with E-state index in [9.17, 15) is 4.79 Å². The van der Waals surface area contributed by atoms with Crippen molar-refractivity contribution in [2.24, 2.45) is 0 Å². The van der Waals surface area contributed by atoms with Gasteiger partial charge in [0.1, 0.15) is 11.9 Å². The summed E-state index contributed by atoms with van der Waals surface area (Å²) in [6, 6.07) is 17.5. The van der Waals surface area contributed by atoms with E-state index in [1.54, 1.807) is 11.8 Å². The first-order valence-electron chi connectivity index (χ1n) is 8.74. The van der Waals surface area contributed by atoms with E-state index in [2.05, 4.69) is 15.6 Å². The predicted molar refractivity (Wildman–Crippen MR) is 98.2 cm³/mol. The fraction of sp³-hybridized carbons (Fsp3) is 0.250. The van der Waals surface area contributed by atoms with Gasteiger partial charge in [-0.1, -0.05) is 47.7 Å². The van der Waals surface area contributed by atoms with Crippen molar-refractivity contribution in [2.45, 2.75) is 25.8 Å². The standard InChI is InChI=1S/C20H20N4O3/c1-26-16-9-7-14(8-10-16)11-21-20(25)19-17-13-27-18(12-24(17)23-22-19)15-5-3-2-4-6-15/h2-10,18H,11-13H2,1H3,(H,21,25)/t18-/m0/s1. The average Bonchev–Trinajstić information content (AvgIpc) is 3.16. The number of nitrogens with one attached hydrogen (secondary N) is 1. The number of nitrogens with zero attached hydrogens (tertiary/aromatic N) is 3. The Labute approximate surface area is 156 Å². The van der Waals surface area contributed by atoms with Crippen molar-refractivity contribution in [3.05, 3.63) is 77.1 Å². The number of fused-ring (bicyclic) bond motifs is 1. The minimum atomic E-state index is -0.256. The largest absolute Gasteiger partial charge is 0.497 e. The highest BCUT2D eigenvalue weighted by Gasteiger charge is 2.27. The fourth-order valence-electron chi connectivity index (χ4n) is 3.07. The first-order valence-corrected chi connectivity index (χ1v) is 8.74. The average molecular weight is 364 g/mol. The Morgan fingerprint density at radius 3 is 2.74 bits per heavy atom. The molecule has 27 heavy (non-hydrogen) atoms. The van der Waals surface area contributed by atoms with Crippen LogP contribution in [0.4, 0.5) is 0 Å². The van der Waals surface area contributed by atoms with Crippen LogP contribution in [0.1, 0.15) is 33.4 Å². The third-order valence-corrected chi connectivity index (χ3v) is 4.60. The lowest BCUT2D eigenvalue weighted by molar-refractivity contribution is -0.00177. The Balaban J connectivity index is 1.42. The van der Waals surface area contributed by atoms with Crippen molar-refractivity contribution in [2.75, 3.05) is 7.11 Å². The lowest BCUT2D eigenvalue weighted by atomic mass is 10.1. The molecule has 1 aromatic heterocycles. The Bertz CT molecular complexity index is 922. The molecular formula is C20H20N4O3. The van der Waals surface area contributed by atoms with Crippen LogP contribution < -0.4 is 10.1 Å². The molecule has 0 fully saturated rings. The number of aromatic nitrogens is 3. The van der Waals surface area contributed by atoms with Gasteiger partial charge in [0, 0.05) is 6.54 Å². The number of hydrogen-bond acceptors (Lipinski definition) is 5. The van der Waals surface area contributed by atoms with E-state index in [-0.39, 0.29) is 12.0 Å². The monoisotopic (exact) mass is 364 g/mol. The molecule has 0 spiro atoms. The van der Waals surface area contributed by atoms with Gasteiger partial charge in [0.2, 0.25) is 0 Å². The second-order valence-electron chi connectivity index (χ2n) is 6.31. The van der Waals surface area contributed by atoms with Gasteiger partial charge in [-0.25, -0.2) is 4.68 Å². The minimum Gasteiger partial charge on any atom is -0.497 e. The molecule has 0 bridgehead atoms. The summed E-state index contributed by atoms with van der Waals surface area (Å²) >= 11 is 0. The highest BCUT2D eigenvalue weighted by molar-refractivity contribution is 5.93. The maximum Gasteiger partial charge on any atom is 0.274 e. The zero-order valence-corrected chi connectivity index (χ0v) is 15.0. The summed E-state index contributed by atoms with van der Waals surface area (Å²) < 4.78 is 12.8. The first kappa shape index (κ1) is 17.2. The number of benzene rings is 2. The highest BCUT2D eigenvalue weighted by atomic mass is 16.5. The summed E-state index contributed by atoms with van der Waals surface area (Å²) in [6.07, 6.45) is -0.0874. The fourth-order valence-corrected chi connectivity index (χ4v) is 3.07. The van der Waals surface area contributed by atoms with Gasteiger partial charge in [-0.3, -0.25) is 4.79 Å². The van der Waals surface area contributed by atoms with Gasteiger partial charge in [-0.2, -0.15) is 0 Å². The SMILES string of the molecule is COc1ccc(CNC(=O)c2nnn3c2CO[C@H](c2ccccc2)C3)cc1. The number of methoxy groups -OCH3 is 1. The van der Waals surface area contributed by atoms with Gasteiger partial charge in [0.05, 0.1) is 26.0 Å². The van der Waals surface area contributed by atoms with Crippen molar-refractivity contribution in [3.63, 3.8) is 0 Å². The molecule has 2 heterocycles. The Hall–Kier alpha value is -3.19. The summed E-state index contributed by atoms with van der Waals surface area (Å²) in [5.74, 6) is 0.524. The molecule has 0 saturated carbocycles. The Morgan fingerprint density at radius 1 is 1.22 bits per heavy atom. The third-order valence-electron chi connectivity index (χ3n) is 4.60. The van der Waals surface area contributed by atoms with Crippen LogP contribution in [0, 0.1) is 0 Å². The van der Waals surface area contributed by atoms with Crippen molar-refractivity contribution < 1.29 is 14.3 Å². The van der Waals surface area contributed by atoms with E-state index < -0.39 is 0 Å². The van der Waals surface area contributed by atoms with Crippen molar-refractivity contribution >= 4 is 5.91 Å². The van der Waals surface area contributed by atoms with Crippen LogP contribution in [0.2, 0.25) is 0 Å². The normalized spacial score (nSPS) is 15.8. The molecule has 0 aliphatic carbocycles. The molecule has 4 rings (SSSR count). The number of hydrogen-bond donors (Lipinski definition) is 1. The van der Waals surface area contributed by atoms with Crippen LogP contribution in [0.15, 0.2) is 54.6 Å². The van der Waals surface area contributed by atoms with Crippen LogP contribution in [0.25, 0.3) is 0 Å². The molecule has 3 aromatic rings. The van der Waals surface area contributed by atoms with Crippen LogP contribution in [-0.4, -0.2) is 28.0 Å². The summed E-state index contributed by atoms with van der Waals surface area (Å²) in [5, 5.41) is 11.1. The second-order valence-corrected chi connectivity index (χ2v) is 6.31. The summed E-state index contributed by atoms with van der Waals surface area (Å²) in [5.41, 5.74) is 3.08. The van der Waals surface area contributed by atoms with Gasteiger partial charge < -0.3 is 14.8 Å². The predicted octanol–water partition coefficient (Wildman–Crippen LogP) is 2.49. The van der Waals surface area contributed by atoms with E-state index in [0.717, 1.165) is 16.9 Å². The molecule has 1 aliphatic heterocycles. The van der Waals surface area contributed by atoms with E-state index in [4.69, 9.17) is 9.47 Å². The zero-order chi connectivity index (χ0) is 18.6. The van der Waals surface area contributed by atoms with Gasteiger partial charge >= 0.3 is 0 Å². The molecule has 2 aromatic carbocycles. The van der Waals surface area contributed by atoms with Crippen molar-refractivity contribution in [1.29, 1.82) is 0 Å². The Kier molecular flexibility index (Phi) is 4.84. The number of carbonyl (C=O) groups excluding carboxylic acids is 1. The number of carbonyl (C=O) groups is 1. The lowest BCUT2D eigenvalue weighted by Crippen LogP contribution is -2.27. The summed E-state index contributed by atoms with van der Waals surface area (Å²) in [7, 11) is 1.62. The molecule has 1 atom stereocenters. The van der Waals surface area contributed by atoms with Gasteiger partial charge in [0.25, 0.3) is 5.91 Å². The molecule has 1 aliphatic rings. The maximum absolute atomic E-state index is 12.5. The van der Waals surface area contributed by atoms with Crippen molar-refractivity contribution in [3.8, 4) is 5.75 Å². The molecule has 0 saturated heterocycles. The molecule has 138 valence electrons. The molecular weight excluding hydrogens is 344 g/mol. The van der Waals surface area contributed by atoms with Crippen LogP contribution >= 0.6 is 0 Å². The molecule has 7 nitrogen and oxygen atoms in total. The van der Waals surface area contributed by atoms with Crippen LogP contribution in [0.3, 0.4) is 0 Å². The van der Waals surface area contributed by atoms with Crippen LogP contribution in [-0.2, 0) is 24.4 Å². The maximum atomic E-state index is 12.5. The first-order chi connectivity index (χ1) is 13.2. The Morgan fingerprint density at radius 2 is 2.00 bits per heavy atom. The van der Waals surface area contributed by atoms with E-state index in [1.165, 1.54) is 0 Å². The smallest absolute Gasteiger partial charge is 0.274 e. The summed E-state index contributed by atoms with van der Waals surface area (Å²) in [6.45, 7) is 1.25. The lowest BCUT2D eigenvalue weighted by Gasteiger charge is -2.24. The zero-order valence-electron chi connectivity index (χ0n) is 15.0. The quantitative estimate of drug-likeness (QED) is 0.753. The van der Waals surface area contributed by atoms with E-state index in [1.807, 2.05) is 54.6 Å². The minimum absolute atomic E-state index is 0.0874. The van der Waals surface area contributed by atoms with Gasteiger partial charge in [0.15, 0.2) is 5.69 Å². The second kappa shape index (κ2) is 7.59. The molecule has 1 N–H and O–H groups in total. The summed E-state index contributed by atoms with van der Waals surface area (Å²) in [4.78, 5) is 12.5. The third kappa shape index (κ3) is 3.68. The van der Waals surface area contributed by atoms with E-state index in [0.29, 0.717) is 31.1 Å². The van der Waals surface area contributed by atoms with Crippen LogP contribution in [0.5, 0.6) is 5.75 Å². The highest BCUT2D eigenvalue weighted by Crippen LogP contribution is 2.26.